The van der Waals surface area contributed by atoms with Crippen LogP contribution in [0.1, 0.15) is 26.3 Å². The number of rotatable bonds is 4. The van der Waals surface area contributed by atoms with Gasteiger partial charge in [-0.15, -0.1) is 12.1 Å². The summed E-state index contributed by atoms with van der Waals surface area (Å²) < 4.78 is 6.92. The van der Waals surface area contributed by atoms with E-state index in [0.717, 1.165) is 11.3 Å². The molecule has 0 unspecified atom stereocenters. The van der Waals surface area contributed by atoms with Crippen molar-refractivity contribution in [2.24, 2.45) is 0 Å². The second-order valence-corrected chi connectivity index (χ2v) is 11.6. The Kier molecular flexibility index (Phi) is 8.67. The Bertz CT molecular complexity index is 792. The van der Waals surface area contributed by atoms with Crippen molar-refractivity contribution in [3.8, 4) is 5.75 Å². The summed E-state index contributed by atoms with van der Waals surface area (Å²) in [6.07, 6.45) is 0. The van der Waals surface area contributed by atoms with Gasteiger partial charge in [-0.3, -0.25) is 0 Å². The first kappa shape index (κ1) is 23.8. The Morgan fingerprint density at radius 1 is 0.741 bits per heavy atom. The van der Waals surface area contributed by atoms with Gasteiger partial charge in [-0.1, -0.05) is 81.4 Å². The summed E-state index contributed by atoms with van der Waals surface area (Å²) in [5, 5.41) is 2.53. The monoisotopic (exact) mass is 448 g/mol. The Labute approximate surface area is 191 Å². The van der Waals surface area contributed by atoms with Gasteiger partial charge in [0.2, 0.25) is 0 Å². The summed E-state index contributed by atoms with van der Waals surface area (Å²) in [7, 11) is -2.54. The minimum Gasteiger partial charge on any atom is -1.00 e. The van der Waals surface area contributed by atoms with Crippen molar-refractivity contribution in [3.63, 3.8) is 0 Å². The molecule has 3 rings (SSSR count). The van der Waals surface area contributed by atoms with Gasteiger partial charge >= 0.3 is 31.4 Å². The van der Waals surface area contributed by atoms with Crippen molar-refractivity contribution >= 4 is 41.7 Å². The van der Waals surface area contributed by atoms with Crippen LogP contribution in [0.3, 0.4) is 0 Å². The third kappa shape index (κ3) is 4.99. The van der Waals surface area contributed by atoms with E-state index in [2.05, 4.69) is 88.4 Å². The van der Waals surface area contributed by atoms with E-state index in [0.29, 0.717) is 0 Å². The van der Waals surface area contributed by atoms with E-state index in [-0.39, 0.29) is 45.1 Å². The van der Waals surface area contributed by atoms with Crippen LogP contribution in [0.25, 0.3) is 0 Å². The second kappa shape index (κ2) is 9.83. The van der Waals surface area contributed by atoms with Crippen LogP contribution in [0.4, 0.5) is 0 Å². The molecule has 0 radical (unpaired) electrons. The van der Waals surface area contributed by atoms with Crippen LogP contribution in [-0.4, -0.2) is 31.4 Å². The third-order valence-corrected chi connectivity index (χ3v) is 9.53. The molecule has 0 aromatic heterocycles. The van der Waals surface area contributed by atoms with Crippen LogP contribution >= 0.6 is 0 Å². The second-order valence-electron chi connectivity index (χ2n) is 7.41. The molecule has 136 valence electrons. The normalized spacial score (nSPS) is 11.1. The molecule has 0 amide bonds. The quantitative estimate of drug-likeness (QED) is 0.433. The minimum atomic E-state index is -2.54. The summed E-state index contributed by atoms with van der Waals surface area (Å²) in [6, 6.07) is 29.4. The number of halogens is 1. The summed E-state index contributed by atoms with van der Waals surface area (Å²) in [6.45, 7) is 10.9. The Morgan fingerprint density at radius 3 is 1.63 bits per heavy atom. The first-order valence-electron chi connectivity index (χ1n) is 8.65. The van der Waals surface area contributed by atoms with E-state index in [4.69, 9.17) is 4.43 Å². The fourth-order valence-electron chi connectivity index (χ4n) is 3.44. The first-order valence-corrected chi connectivity index (χ1v) is 10.6. The predicted octanol–water partition coefficient (Wildman–Crippen LogP) is 1.43. The maximum atomic E-state index is 6.92. The third-order valence-electron chi connectivity index (χ3n) is 4.59. The number of hydrogen-bond acceptors (Lipinski definition) is 1. The van der Waals surface area contributed by atoms with Crippen molar-refractivity contribution in [2.45, 2.75) is 25.8 Å². The van der Waals surface area contributed by atoms with E-state index in [1.807, 2.05) is 24.3 Å². The van der Waals surface area contributed by atoms with Crippen LogP contribution in [0.15, 0.2) is 84.9 Å². The van der Waals surface area contributed by atoms with Gasteiger partial charge in [-0.05, 0) is 21.5 Å². The average molecular weight is 450 g/mol. The van der Waals surface area contributed by atoms with Crippen molar-refractivity contribution in [2.75, 3.05) is 0 Å². The molecule has 3 aromatic rings. The Balaban J connectivity index is 0.00000182. The maximum Gasteiger partial charge on any atom is 2.00 e. The number of hydrogen-bond donors (Lipinski definition) is 0. The molecule has 1 nitrogen and oxygen atoms in total. The van der Waals surface area contributed by atoms with Gasteiger partial charge in [0.1, 0.15) is 0 Å². The number of benzene rings is 3. The summed E-state index contributed by atoms with van der Waals surface area (Å²) in [4.78, 5) is 0. The molecule has 0 saturated heterocycles. The van der Waals surface area contributed by atoms with Crippen molar-refractivity contribution < 1.29 is 21.4 Å². The van der Waals surface area contributed by atoms with Crippen molar-refractivity contribution in [3.05, 3.63) is 97.4 Å². The molecule has 0 heterocycles. The maximum absolute atomic E-state index is 6.92. The Morgan fingerprint density at radius 2 is 1.22 bits per heavy atom. The molecule has 0 bridgehead atoms. The van der Waals surface area contributed by atoms with E-state index in [9.17, 15) is 0 Å². The molecule has 4 heteroatoms. The summed E-state index contributed by atoms with van der Waals surface area (Å²) >= 11 is 0. The molecule has 0 atom stereocenters. The molecule has 0 saturated carbocycles. The van der Waals surface area contributed by atoms with Gasteiger partial charge in [-0.25, -0.2) is 0 Å². The van der Waals surface area contributed by atoms with Crippen LogP contribution in [0.2, 0.25) is 5.04 Å². The Hall–Kier alpha value is -1.21. The van der Waals surface area contributed by atoms with Crippen molar-refractivity contribution in [1.29, 1.82) is 0 Å². The van der Waals surface area contributed by atoms with Crippen LogP contribution in [-0.2, 0) is 0 Å². The average Bonchev–Trinajstić information content (AvgIpc) is 2.60. The fraction of sp³-hybridized carbons (Fsp3) is 0.174. The molecule has 27 heavy (non-hydrogen) atoms. The summed E-state index contributed by atoms with van der Waals surface area (Å²) in [5.41, 5.74) is 0.968. The molecule has 0 N–H and O–H groups in total. The minimum absolute atomic E-state index is 0. The molecule has 0 aliphatic heterocycles. The largest absolute Gasteiger partial charge is 2.00 e. The van der Waals surface area contributed by atoms with Crippen molar-refractivity contribution in [1.82, 2.24) is 0 Å². The van der Waals surface area contributed by atoms with Crippen LogP contribution in [0, 0.1) is 6.92 Å². The van der Waals surface area contributed by atoms with Gasteiger partial charge in [0.25, 0.3) is 0 Å². The zero-order chi connectivity index (χ0) is 17.9. The van der Waals surface area contributed by atoms with E-state index >= 15 is 0 Å². The van der Waals surface area contributed by atoms with Gasteiger partial charge < -0.3 is 21.4 Å². The zero-order valence-corrected chi connectivity index (χ0v) is 20.3. The van der Waals surface area contributed by atoms with E-state index in [1.165, 1.54) is 10.4 Å². The molecular formula is C23H25BrMgOSi. The standard InChI is InChI=1S/C23H25OSi.BrH.Mg/c1-19-12-11-13-20(18-19)24-25(23(2,3)4,21-14-7-5-8-15-21)22-16-9-6-10-17-22;;/h5-18H,1H2,2-4H3;1H;/q-1;;+2/p-1. The van der Waals surface area contributed by atoms with E-state index < -0.39 is 8.32 Å². The molecular weight excluding hydrogens is 425 g/mol. The summed E-state index contributed by atoms with van der Waals surface area (Å²) in [5.74, 6) is 0.891. The molecule has 3 aromatic carbocycles. The van der Waals surface area contributed by atoms with Crippen LogP contribution in [0.5, 0.6) is 5.75 Å². The topological polar surface area (TPSA) is 9.23 Å². The van der Waals surface area contributed by atoms with Gasteiger partial charge in [0.15, 0.2) is 0 Å². The zero-order valence-electron chi connectivity index (χ0n) is 16.3. The van der Waals surface area contributed by atoms with Gasteiger partial charge in [-0.2, -0.15) is 18.6 Å². The molecule has 0 fully saturated rings. The van der Waals surface area contributed by atoms with Gasteiger partial charge in [0, 0.05) is 5.75 Å². The predicted molar refractivity (Wildman–Crippen MR) is 115 cm³/mol. The smallest absolute Gasteiger partial charge is 1.00 e. The van der Waals surface area contributed by atoms with Gasteiger partial charge in [0.05, 0.1) is 0 Å². The fourth-order valence-corrected chi connectivity index (χ4v) is 7.85. The molecule has 0 aliphatic rings. The first-order chi connectivity index (χ1) is 11.9. The van der Waals surface area contributed by atoms with E-state index in [1.54, 1.807) is 0 Å². The molecule has 0 aliphatic carbocycles. The molecule has 0 spiro atoms. The SMILES string of the molecule is [Br-].[CH2-]c1cccc(O[Si](c2ccccc2)(c2ccccc2)C(C)(C)C)c1.[Mg+2]. The van der Waals surface area contributed by atoms with Crippen LogP contribution < -0.4 is 31.8 Å².